The average molecular weight is 307 g/mol. The van der Waals surface area contributed by atoms with Gasteiger partial charge in [0.25, 0.3) is 0 Å². The van der Waals surface area contributed by atoms with Gasteiger partial charge in [0.2, 0.25) is 5.91 Å². The number of rotatable bonds is 5. The highest BCUT2D eigenvalue weighted by Crippen LogP contribution is 2.21. The molecule has 0 spiro atoms. The van der Waals surface area contributed by atoms with E-state index in [1.165, 1.54) is 38.7 Å². The van der Waals surface area contributed by atoms with Gasteiger partial charge < -0.3 is 16.0 Å². The fraction of sp³-hybridized carbons (Fsp3) is 0.588. The summed E-state index contributed by atoms with van der Waals surface area (Å²) in [6.07, 6.45) is 6.10. The molecule has 1 aromatic rings. The molecule has 1 amide bonds. The molecule has 0 saturated carbocycles. The molecule has 1 heterocycles. The standard InChI is InChI=1S/C17H26FN3O/c1-12(10-14-6-4-3-5-9-19-14)20-15-7-8-16(18)17(11-15)21-13(2)22/h7-8,11-12,14,19-20H,3-6,9-10H2,1-2H3,(H,21,22). The lowest BCUT2D eigenvalue weighted by molar-refractivity contribution is -0.114. The van der Waals surface area contributed by atoms with E-state index in [1.807, 2.05) is 0 Å². The normalized spacial score (nSPS) is 20.0. The number of nitrogens with one attached hydrogen (secondary N) is 3. The Balaban J connectivity index is 1.92. The Labute approximate surface area is 131 Å². The van der Waals surface area contributed by atoms with Crippen LogP contribution >= 0.6 is 0 Å². The Morgan fingerprint density at radius 2 is 2.23 bits per heavy atom. The Bertz CT molecular complexity index is 499. The van der Waals surface area contributed by atoms with E-state index in [0.717, 1.165) is 18.7 Å². The molecule has 1 aliphatic rings. The number of benzene rings is 1. The van der Waals surface area contributed by atoms with E-state index in [0.29, 0.717) is 6.04 Å². The lowest BCUT2D eigenvalue weighted by Gasteiger charge is -2.22. The fourth-order valence-corrected chi connectivity index (χ4v) is 2.97. The van der Waals surface area contributed by atoms with Crippen molar-refractivity contribution >= 4 is 17.3 Å². The number of amides is 1. The zero-order valence-corrected chi connectivity index (χ0v) is 13.4. The molecule has 2 atom stereocenters. The highest BCUT2D eigenvalue weighted by Gasteiger charge is 2.15. The van der Waals surface area contributed by atoms with Crippen LogP contribution in [-0.4, -0.2) is 24.5 Å². The molecular formula is C17H26FN3O. The summed E-state index contributed by atoms with van der Waals surface area (Å²) in [7, 11) is 0. The first-order valence-electron chi connectivity index (χ1n) is 8.11. The Hall–Kier alpha value is -1.62. The van der Waals surface area contributed by atoms with Gasteiger partial charge in [-0.05, 0) is 50.9 Å². The minimum absolute atomic E-state index is 0.220. The summed E-state index contributed by atoms with van der Waals surface area (Å²) in [6, 6.07) is 5.56. The van der Waals surface area contributed by atoms with Crippen LogP contribution in [0.3, 0.4) is 0 Å². The molecule has 1 saturated heterocycles. The van der Waals surface area contributed by atoms with Gasteiger partial charge in [0.05, 0.1) is 5.69 Å². The van der Waals surface area contributed by atoms with Crippen molar-refractivity contribution < 1.29 is 9.18 Å². The Morgan fingerprint density at radius 3 is 3.00 bits per heavy atom. The van der Waals surface area contributed by atoms with Gasteiger partial charge in [0, 0.05) is 24.7 Å². The van der Waals surface area contributed by atoms with Crippen LogP contribution in [0.25, 0.3) is 0 Å². The zero-order chi connectivity index (χ0) is 15.9. The molecule has 22 heavy (non-hydrogen) atoms. The number of carbonyl (C=O) groups is 1. The number of carbonyl (C=O) groups excluding carboxylic acids is 1. The number of hydrogen-bond donors (Lipinski definition) is 3. The van der Waals surface area contributed by atoms with Crippen molar-refractivity contribution in [2.45, 2.75) is 58.0 Å². The van der Waals surface area contributed by atoms with Crippen LogP contribution < -0.4 is 16.0 Å². The molecule has 0 bridgehead atoms. The molecular weight excluding hydrogens is 281 g/mol. The molecule has 2 unspecified atom stereocenters. The van der Waals surface area contributed by atoms with E-state index in [4.69, 9.17) is 0 Å². The quantitative estimate of drug-likeness (QED) is 0.780. The zero-order valence-electron chi connectivity index (χ0n) is 13.4. The predicted molar refractivity (Wildman–Crippen MR) is 88.7 cm³/mol. The van der Waals surface area contributed by atoms with Crippen molar-refractivity contribution in [3.63, 3.8) is 0 Å². The molecule has 0 aromatic heterocycles. The average Bonchev–Trinajstić information content (AvgIpc) is 2.70. The van der Waals surface area contributed by atoms with E-state index in [1.54, 1.807) is 12.1 Å². The van der Waals surface area contributed by atoms with Gasteiger partial charge in [-0.1, -0.05) is 12.8 Å². The Morgan fingerprint density at radius 1 is 1.41 bits per heavy atom. The number of hydrogen-bond acceptors (Lipinski definition) is 3. The first kappa shape index (κ1) is 16.7. The molecule has 3 N–H and O–H groups in total. The van der Waals surface area contributed by atoms with Crippen LogP contribution in [0.1, 0.15) is 46.0 Å². The van der Waals surface area contributed by atoms with E-state index >= 15 is 0 Å². The summed E-state index contributed by atoms with van der Waals surface area (Å²) in [5.74, 6) is -0.689. The lowest BCUT2D eigenvalue weighted by atomic mass is 10.0. The Kier molecular flexibility index (Phi) is 6.19. The highest BCUT2D eigenvalue weighted by molar-refractivity contribution is 5.89. The molecule has 2 rings (SSSR count). The fourth-order valence-electron chi connectivity index (χ4n) is 2.97. The maximum atomic E-state index is 13.6. The van der Waals surface area contributed by atoms with Gasteiger partial charge in [-0.25, -0.2) is 4.39 Å². The maximum absolute atomic E-state index is 13.6. The molecule has 5 heteroatoms. The molecule has 1 aliphatic heterocycles. The largest absolute Gasteiger partial charge is 0.382 e. The monoisotopic (exact) mass is 307 g/mol. The summed E-state index contributed by atoms with van der Waals surface area (Å²) >= 11 is 0. The smallest absolute Gasteiger partial charge is 0.221 e. The maximum Gasteiger partial charge on any atom is 0.221 e. The topological polar surface area (TPSA) is 53.2 Å². The van der Waals surface area contributed by atoms with Crippen LogP contribution in [0.15, 0.2) is 18.2 Å². The van der Waals surface area contributed by atoms with Crippen LogP contribution in [0.4, 0.5) is 15.8 Å². The van der Waals surface area contributed by atoms with Gasteiger partial charge in [0.1, 0.15) is 5.82 Å². The third-order valence-electron chi connectivity index (χ3n) is 3.99. The van der Waals surface area contributed by atoms with Gasteiger partial charge >= 0.3 is 0 Å². The summed E-state index contributed by atoms with van der Waals surface area (Å²) in [6.45, 7) is 4.61. The molecule has 1 aromatic carbocycles. The second kappa shape index (κ2) is 8.13. The molecule has 0 aliphatic carbocycles. The minimum atomic E-state index is -0.418. The van der Waals surface area contributed by atoms with Crippen LogP contribution in [0.5, 0.6) is 0 Å². The number of halogens is 1. The van der Waals surface area contributed by atoms with Crippen molar-refractivity contribution in [2.75, 3.05) is 17.2 Å². The third kappa shape index (κ3) is 5.30. The third-order valence-corrected chi connectivity index (χ3v) is 3.99. The summed E-state index contributed by atoms with van der Waals surface area (Å²) in [5.41, 5.74) is 1.04. The van der Waals surface area contributed by atoms with Crippen molar-refractivity contribution in [3.05, 3.63) is 24.0 Å². The van der Waals surface area contributed by atoms with E-state index < -0.39 is 5.82 Å². The molecule has 4 nitrogen and oxygen atoms in total. The van der Waals surface area contributed by atoms with Gasteiger partial charge in [-0.3, -0.25) is 4.79 Å². The van der Waals surface area contributed by atoms with Gasteiger partial charge in [0.15, 0.2) is 0 Å². The molecule has 1 fully saturated rings. The SMILES string of the molecule is CC(=O)Nc1cc(NC(C)CC2CCCCCN2)ccc1F. The second-order valence-electron chi connectivity index (χ2n) is 6.16. The summed E-state index contributed by atoms with van der Waals surface area (Å²) in [4.78, 5) is 11.1. The van der Waals surface area contributed by atoms with Crippen molar-refractivity contribution in [1.29, 1.82) is 0 Å². The lowest BCUT2D eigenvalue weighted by Crippen LogP contribution is -2.33. The molecule has 122 valence electrons. The highest BCUT2D eigenvalue weighted by atomic mass is 19.1. The first-order chi connectivity index (χ1) is 10.5. The second-order valence-corrected chi connectivity index (χ2v) is 6.16. The van der Waals surface area contributed by atoms with Gasteiger partial charge in [-0.2, -0.15) is 0 Å². The first-order valence-corrected chi connectivity index (χ1v) is 8.11. The van der Waals surface area contributed by atoms with E-state index in [2.05, 4.69) is 22.9 Å². The van der Waals surface area contributed by atoms with Crippen LogP contribution in [0.2, 0.25) is 0 Å². The van der Waals surface area contributed by atoms with Crippen molar-refractivity contribution in [2.24, 2.45) is 0 Å². The van der Waals surface area contributed by atoms with E-state index in [-0.39, 0.29) is 17.6 Å². The van der Waals surface area contributed by atoms with Crippen LogP contribution in [-0.2, 0) is 4.79 Å². The van der Waals surface area contributed by atoms with Gasteiger partial charge in [-0.15, -0.1) is 0 Å². The number of anilines is 2. The summed E-state index contributed by atoms with van der Waals surface area (Å²) in [5, 5.41) is 9.49. The predicted octanol–water partition coefficient (Wildman–Crippen LogP) is 3.51. The van der Waals surface area contributed by atoms with Crippen LogP contribution in [0, 0.1) is 5.82 Å². The minimum Gasteiger partial charge on any atom is -0.382 e. The molecule has 0 radical (unpaired) electrons. The van der Waals surface area contributed by atoms with E-state index in [9.17, 15) is 9.18 Å². The van der Waals surface area contributed by atoms with Crippen molar-refractivity contribution in [3.8, 4) is 0 Å². The van der Waals surface area contributed by atoms with Crippen molar-refractivity contribution in [1.82, 2.24) is 5.32 Å². The summed E-state index contributed by atoms with van der Waals surface area (Å²) < 4.78 is 13.6.